The standard InChI is InChI=1S/C22H24FN3O4/c1-15-6-7-18(14-20(15)26(29)30)22(28)25-12-9-17(10-13-25)21(27)24-11-8-16-4-2-3-5-19(16)23/h2-7,14,17H,8-13H2,1H3,(H,24,27). The number of aryl methyl sites for hydroxylation is 1. The largest absolute Gasteiger partial charge is 0.356 e. The van der Waals surface area contributed by atoms with Crippen molar-refractivity contribution in [3.8, 4) is 0 Å². The van der Waals surface area contributed by atoms with Crippen molar-refractivity contribution in [1.82, 2.24) is 10.2 Å². The number of carbonyl (C=O) groups is 2. The molecule has 1 aliphatic rings. The molecule has 2 aromatic rings. The second-order valence-electron chi connectivity index (χ2n) is 7.46. The van der Waals surface area contributed by atoms with Gasteiger partial charge in [-0.25, -0.2) is 4.39 Å². The number of benzene rings is 2. The van der Waals surface area contributed by atoms with Crippen molar-refractivity contribution in [2.24, 2.45) is 5.92 Å². The molecule has 3 rings (SSSR count). The Morgan fingerprint density at radius 1 is 1.20 bits per heavy atom. The Morgan fingerprint density at radius 2 is 1.90 bits per heavy atom. The molecule has 2 aromatic carbocycles. The summed E-state index contributed by atoms with van der Waals surface area (Å²) in [6.07, 6.45) is 1.46. The van der Waals surface area contributed by atoms with E-state index >= 15 is 0 Å². The van der Waals surface area contributed by atoms with E-state index < -0.39 is 4.92 Å². The van der Waals surface area contributed by atoms with E-state index in [1.807, 2.05) is 0 Å². The van der Waals surface area contributed by atoms with E-state index in [-0.39, 0.29) is 34.8 Å². The van der Waals surface area contributed by atoms with E-state index in [4.69, 9.17) is 0 Å². The van der Waals surface area contributed by atoms with Crippen LogP contribution in [0.3, 0.4) is 0 Å². The van der Waals surface area contributed by atoms with Crippen LogP contribution < -0.4 is 5.32 Å². The summed E-state index contributed by atoms with van der Waals surface area (Å²) in [7, 11) is 0. The number of nitrogens with one attached hydrogen (secondary N) is 1. The Balaban J connectivity index is 1.50. The maximum absolute atomic E-state index is 13.6. The molecule has 30 heavy (non-hydrogen) atoms. The van der Waals surface area contributed by atoms with Crippen LogP contribution in [0.25, 0.3) is 0 Å². The molecule has 0 bridgehead atoms. The van der Waals surface area contributed by atoms with Gasteiger partial charge in [0.1, 0.15) is 5.82 Å². The third kappa shape index (κ3) is 5.00. The molecule has 1 saturated heterocycles. The predicted molar refractivity (Wildman–Crippen MR) is 110 cm³/mol. The molecule has 0 spiro atoms. The summed E-state index contributed by atoms with van der Waals surface area (Å²) in [5.74, 6) is -0.849. The molecule has 0 atom stereocenters. The molecule has 1 N–H and O–H groups in total. The van der Waals surface area contributed by atoms with Crippen LogP contribution in [0, 0.1) is 28.8 Å². The first-order valence-corrected chi connectivity index (χ1v) is 9.92. The van der Waals surface area contributed by atoms with Crippen molar-refractivity contribution >= 4 is 17.5 Å². The number of piperidine rings is 1. The first-order valence-electron chi connectivity index (χ1n) is 9.92. The fraction of sp³-hybridized carbons (Fsp3) is 0.364. The molecule has 0 aromatic heterocycles. The minimum Gasteiger partial charge on any atom is -0.356 e. The summed E-state index contributed by atoms with van der Waals surface area (Å²) in [5.41, 5.74) is 1.26. The third-order valence-corrected chi connectivity index (χ3v) is 5.46. The van der Waals surface area contributed by atoms with Crippen LogP contribution in [0.2, 0.25) is 0 Å². The van der Waals surface area contributed by atoms with Gasteiger partial charge in [-0.05, 0) is 43.9 Å². The predicted octanol–water partition coefficient (Wildman–Crippen LogP) is 3.25. The van der Waals surface area contributed by atoms with Crippen LogP contribution in [-0.2, 0) is 11.2 Å². The zero-order chi connectivity index (χ0) is 21.7. The van der Waals surface area contributed by atoms with Crippen LogP contribution in [0.4, 0.5) is 10.1 Å². The first kappa shape index (κ1) is 21.4. The van der Waals surface area contributed by atoms with Gasteiger partial charge >= 0.3 is 0 Å². The monoisotopic (exact) mass is 413 g/mol. The van der Waals surface area contributed by atoms with E-state index in [1.54, 1.807) is 42.2 Å². The van der Waals surface area contributed by atoms with E-state index in [1.165, 1.54) is 12.1 Å². The molecule has 1 fully saturated rings. The van der Waals surface area contributed by atoms with Gasteiger partial charge < -0.3 is 10.2 Å². The number of hydrogen-bond donors (Lipinski definition) is 1. The van der Waals surface area contributed by atoms with Crippen LogP contribution in [0.1, 0.15) is 34.3 Å². The summed E-state index contributed by atoms with van der Waals surface area (Å²) in [4.78, 5) is 37.3. The molecule has 7 nitrogen and oxygen atoms in total. The number of nitrogens with zero attached hydrogens (tertiary/aromatic N) is 2. The smallest absolute Gasteiger partial charge is 0.273 e. The summed E-state index contributed by atoms with van der Waals surface area (Å²) >= 11 is 0. The number of carbonyl (C=O) groups excluding carboxylic acids is 2. The highest BCUT2D eigenvalue weighted by atomic mass is 19.1. The lowest BCUT2D eigenvalue weighted by Crippen LogP contribution is -2.43. The lowest BCUT2D eigenvalue weighted by Gasteiger charge is -2.31. The maximum atomic E-state index is 13.6. The minimum absolute atomic E-state index is 0.0787. The van der Waals surface area contributed by atoms with Gasteiger partial charge in [-0.3, -0.25) is 19.7 Å². The third-order valence-electron chi connectivity index (χ3n) is 5.46. The number of amides is 2. The van der Waals surface area contributed by atoms with Gasteiger partial charge in [0, 0.05) is 42.7 Å². The highest BCUT2D eigenvalue weighted by Gasteiger charge is 2.28. The van der Waals surface area contributed by atoms with Crippen LogP contribution in [-0.4, -0.2) is 41.3 Å². The number of halogens is 1. The number of hydrogen-bond acceptors (Lipinski definition) is 4. The highest BCUT2D eigenvalue weighted by molar-refractivity contribution is 5.95. The van der Waals surface area contributed by atoms with Gasteiger partial charge in [-0.1, -0.05) is 24.3 Å². The van der Waals surface area contributed by atoms with Gasteiger partial charge in [-0.2, -0.15) is 0 Å². The molecule has 2 amide bonds. The molecular formula is C22H24FN3O4. The van der Waals surface area contributed by atoms with E-state index in [9.17, 15) is 24.1 Å². The lowest BCUT2D eigenvalue weighted by atomic mass is 9.95. The number of likely N-dealkylation sites (tertiary alicyclic amines) is 1. The Kier molecular flexibility index (Phi) is 6.76. The van der Waals surface area contributed by atoms with Crippen LogP contribution >= 0.6 is 0 Å². The molecule has 1 aliphatic heterocycles. The Labute approximate surface area is 174 Å². The van der Waals surface area contributed by atoms with E-state index in [0.717, 1.165) is 0 Å². The summed E-state index contributed by atoms with van der Waals surface area (Å²) in [5, 5.41) is 13.9. The average molecular weight is 413 g/mol. The molecule has 8 heteroatoms. The van der Waals surface area contributed by atoms with Crippen molar-refractivity contribution < 1.29 is 18.9 Å². The summed E-state index contributed by atoms with van der Waals surface area (Å²) in [6, 6.07) is 10.9. The number of rotatable bonds is 6. The molecule has 1 heterocycles. The zero-order valence-electron chi connectivity index (χ0n) is 16.8. The Bertz CT molecular complexity index is 955. The summed E-state index contributed by atoms with van der Waals surface area (Å²) < 4.78 is 13.6. The van der Waals surface area contributed by atoms with Crippen LogP contribution in [0.15, 0.2) is 42.5 Å². The molecule has 0 radical (unpaired) electrons. The highest BCUT2D eigenvalue weighted by Crippen LogP contribution is 2.23. The molecular weight excluding hydrogens is 389 g/mol. The first-order chi connectivity index (χ1) is 14.4. The molecule has 0 aliphatic carbocycles. The second-order valence-corrected chi connectivity index (χ2v) is 7.46. The fourth-order valence-electron chi connectivity index (χ4n) is 3.63. The summed E-state index contributed by atoms with van der Waals surface area (Å²) in [6.45, 7) is 2.80. The Morgan fingerprint density at radius 3 is 2.57 bits per heavy atom. The van der Waals surface area contributed by atoms with Gasteiger partial charge in [0.05, 0.1) is 4.92 Å². The molecule has 0 saturated carbocycles. The maximum Gasteiger partial charge on any atom is 0.273 e. The molecule has 158 valence electrons. The van der Waals surface area contributed by atoms with Crippen molar-refractivity contribution in [2.45, 2.75) is 26.2 Å². The number of nitro groups is 1. The van der Waals surface area contributed by atoms with Gasteiger partial charge in [0.2, 0.25) is 5.91 Å². The van der Waals surface area contributed by atoms with Crippen molar-refractivity contribution in [1.29, 1.82) is 0 Å². The van der Waals surface area contributed by atoms with Crippen molar-refractivity contribution in [3.05, 3.63) is 75.1 Å². The van der Waals surface area contributed by atoms with Gasteiger partial charge in [0.15, 0.2) is 0 Å². The van der Waals surface area contributed by atoms with Crippen LogP contribution in [0.5, 0.6) is 0 Å². The van der Waals surface area contributed by atoms with E-state index in [2.05, 4.69) is 5.32 Å². The van der Waals surface area contributed by atoms with Crippen molar-refractivity contribution in [3.63, 3.8) is 0 Å². The quantitative estimate of drug-likeness (QED) is 0.581. The Hall–Kier alpha value is -3.29. The van der Waals surface area contributed by atoms with Gasteiger partial charge in [-0.15, -0.1) is 0 Å². The normalized spacial score (nSPS) is 14.4. The lowest BCUT2D eigenvalue weighted by molar-refractivity contribution is -0.385. The van der Waals surface area contributed by atoms with Crippen molar-refractivity contribution in [2.75, 3.05) is 19.6 Å². The second kappa shape index (κ2) is 9.47. The minimum atomic E-state index is -0.496. The fourth-order valence-corrected chi connectivity index (χ4v) is 3.63. The van der Waals surface area contributed by atoms with Gasteiger partial charge in [0.25, 0.3) is 11.6 Å². The van der Waals surface area contributed by atoms with E-state index in [0.29, 0.717) is 50.0 Å². The average Bonchev–Trinajstić information content (AvgIpc) is 2.74. The number of nitro benzene ring substituents is 1. The SMILES string of the molecule is Cc1ccc(C(=O)N2CCC(C(=O)NCCc3ccccc3F)CC2)cc1[N+](=O)[O-]. The zero-order valence-corrected chi connectivity index (χ0v) is 16.8. The molecule has 0 unspecified atom stereocenters. The topological polar surface area (TPSA) is 92.6 Å².